The Kier molecular flexibility index (Phi) is 4.97. The summed E-state index contributed by atoms with van der Waals surface area (Å²) in [5.41, 5.74) is 2.70. The molecule has 0 unspecified atom stereocenters. The maximum Gasteiger partial charge on any atom is 0.246 e. The maximum atomic E-state index is 12.6. The number of sulfonamides is 1. The lowest BCUT2D eigenvalue weighted by Crippen LogP contribution is -2.26. The lowest BCUT2D eigenvalue weighted by molar-refractivity contribution is 0.461. The molecule has 0 N–H and O–H groups in total. The van der Waals surface area contributed by atoms with Crippen molar-refractivity contribution in [3.05, 3.63) is 41.5 Å². The van der Waals surface area contributed by atoms with Crippen molar-refractivity contribution in [2.75, 3.05) is 7.05 Å². The Balaban J connectivity index is 2.20. The van der Waals surface area contributed by atoms with Gasteiger partial charge in [0.05, 0.1) is 18.4 Å². The fourth-order valence-electron chi connectivity index (χ4n) is 2.33. The number of hydrogen-bond acceptors (Lipinski definition) is 4. The third kappa shape index (κ3) is 3.72. The van der Waals surface area contributed by atoms with Gasteiger partial charge in [-0.25, -0.2) is 8.42 Å². The Morgan fingerprint density at radius 3 is 2.64 bits per heavy atom. The minimum Gasteiger partial charge on any atom is -0.271 e. The zero-order valence-corrected chi connectivity index (χ0v) is 14.3. The van der Waals surface area contributed by atoms with E-state index in [9.17, 15) is 8.42 Å². The highest BCUT2D eigenvalue weighted by Gasteiger charge is 2.23. The van der Waals surface area contributed by atoms with Crippen LogP contribution in [0.4, 0.5) is 0 Å². The van der Waals surface area contributed by atoms with E-state index in [2.05, 4.69) is 10.1 Å². The van der Waals surface area contributed by atoms with Gasteiger partial charge >= 0.3 is 0 Å². The predicted molar refractivity (Wildman–Crippen MR) is 84.9 cm³/mol. The predicted octanol–water partition coefficient (Wildman–Crippen LogP) is 2.13. The SMILES string of the molecule is CCCn1cc(S(=O)(=O)N(C)Cc2cc(C)cc(C)n2)cn1. The van der Waals surface area contributed by atoms with E-state index in [-0.39, 0.29) is 11.4 Å². The Bertz CT molecular complexity index is 732. The summed E-state index contributed by atoms with van der Waals surface area (Å²) in [5, 5.41) is 4.09. The monoisotopic (exact) mass is 322 g/mol. The average molecular weight is 322 g/mol. The third-order valence-corrected chi connectivity index (χ3v) is 5.06. The number of pyridine rings is 1. The maximum absolute atomic E-state index is 12.6. The van der Waals surface area contributed by atoms with Gasteiger partial charge in [0.25, 0.3) is 0 Å². The van der Waals surface area contributed by atoms with Gasteiger partial charge in [0.1, 0.15) is 4.90 Å². The first-order valence-electron chi connectivity index (χ1n) is 7.26. The lowest BCUT2D eigenvalue weighted by atomic mass is 10.2. The summed E-state index contributed by atoms with van der Waals surface area (Å²) >= 11 is 0. The van der Waals surface area contributed by atoms with E-state index in [1.165, 1.54) is 10.5 Å². The van der Waals surface area contributed by atoms with Gasteiger partial charge in [0.15, 0.2) is 0 Å². The van der Waals surface area contributed by atoms with Crippen LogP contribution in [0, 0.1) is 13.8 Å². The van der Waals surface area contributed by atoms with Crippen molar-refractivity contribution < 1.29 is 8.42 Å². The topological polar surface area (TPSA) is 68.1 Å². The Morgan fingerprint density at radius 1 is 1.27 bits per heavy atom. The second-order valence-corrected chi connectivity index (χ2v) is 7.52. The molecule has 2 heterocycles. The van der Waals surface area contributed by atoms with Crippen molar-refractivity contribution in [2.45, 2.75) is 45.2 Å². The van der Waals surface area contributed by atoms with Crippen LogP contribution >= 0.6 is 0 Å². The molecule has 0 aliphatic carbocycles. The van der Waals surface area contributed by atoms with Crippen molar-refractivity contribution in [3.8, 4) is 0 Å². The van der Waals surface area contributed by atoms with Crippen molar-refractivity contribution in [3.63, 3.8) is 0 Å². The fourth-order valence-corrected chi connectivity index (χ4v) is 3.43. The summed E-state index contributed by atoms with van der Waals surface area (Å²) in [6.45, 7) is 6.84. The fraction of sp³-hybridized carbons (Fsp3) is 0.467. The highest BCUT2D eigenvalue weighted by molar-refractivity contribution is 7.89. The first-order chi connectivity index (χ1) is 10.3. The molecule has 22 heavy (non-hydrogen) atoms. The standard InChI is InChI=1S/C15H22N4O2S/c1-5-6-19-11-15(9-16-19)22(20,21)18(4)10-14-8-12(2)7-13(3)17-14/h7-9,11H,5-6,10H2,1-4H3. The van der Waals surface area contributed by atoms with E-state index in [0.29, 0.717) is 6.54 Å². The molecule has 0 atom stereocenters. The third-order valence-electron chi connectivity index (χ3n) is 3.31. The molecule has 0 spiro atoms. The molecule has 7 heteroatoms. The highest BCUT2D eigenvalue weighted by atomic mass is 32.2. The van der Waals surface area contributed by atoms with Crippen molar-refractivity contribution in [1.29, 1.82) is 0 Å². The number of aryl methyl sites for hydroxylation is 3. The smallest absolute Gasteiger partial charge is 0.246 e. The minimum absolute atomic E-state index is 0.216. The van der Waals surface area contributed by atoms with Crippen LogP contribution in [0.5, 0.6) is 0 Å². The lowest BCUT2D eigenvalue weighted by Gasteiger charge is -2.16. The molecule has 2 aromatic heterocycles. The molecular weight excluding hydrogens is 300 g/mol. The largest absolute Gasteiger partial charge is 0.271 e. The van der Waals surface area contributed by atoms with Gasteiger partial charge in [-0.15, -0.1) is 0 Å². The average Bonchev–Trinajstić information content (AvgIpc) is 2.87. The van der Waals surface area contributed by atoms with Gasteiger partial charge in [0, 0.05) is 25.5 Å². The highest BCUT2D eigenvalue weighted by Crippen LogP contribution is 2.16. The Labute approximate surface area is 131 Å². The van der Waals surface area contributed by atoms with Crippen LogP contribution in [-0.2, 0) is 23.1 Å². The molecule has 0 saturated heterocycles. The van der Waals surface area contributed by atoms with E-state index in [1.54, 1.807) is 17.9 Å². The van der Waals surface area contributed by atoms with Gasteiger partial charge in [-0.05, 0) is 38.0 Å². The summed E-state index contributed by atoms with van der Waals surface area (Å²) in [6.07, 6.45) is 3.88. The number of rotatable bonds is 6. The van der Waals surface area contributed by atoms with Crippen molar-refractivity contribution >= 4 is 10.0 Å². The van der Waals surface area contributed by atoms with E-state index in [4.69, 9.17) is 0 Å². The van der Waals surface area contributed by atoms with Crippen LogP contribution in [0.25, 0.3) is 0 Å². The molecule has 6 nitrogen and oxygen atoms in total. The zero-order valence-electron chi connectivity index (χ0n) is 13.4. The van der Waals surface area contributed by atoms with Crippen LogP contribution in [0.15, 0.2) is 29.4 Å². The van der Waals surface area contributed by atoms with Gasteiger partial charge < -0.3 is 0 Å². The number of aromatic nitrogens is 3. The van der Waals surface area contributed by atoms with Gasteiger partial charge in [0.2, 0.25) is 10.0 Å². The molecule has 0 radical (unpaired) electrons. The molecule has 2 aromatic rings. The molecule has 0 aliphatic heterocycles. The molecule has 0 fully saturated rings. The Hall–Kier alpha value is -1.73. The first kappa shape index (κ1) is 16.6. The van der Waals surface area contributed by atoms with Gasteiger partial charge in [-0.2, -0.15) is 9.40 Å². The molecule has 2 rings (SSSR count). The minimum atomic E-state index is -3.55. The number of hydrogen-bond donors (Lipinski definition) is 0. The summed E-state index contributed by atoms with van der Waals surface area (Å²) in [5.74, 6) is 0. The Morgan fingerprint density at radius 2 is 2.00 bits per heavy atom. The molecule has 0 aromatic carbocycles. The van der Waals surface area contributed by atoms with Crippen LogP contribution in [-0.4, -0.2) is 34.5 Å². The molecule has 0 aliphatic rings. The van der Waals surface area contributed by atoms with Crippen LogP contribution in [0.2, 0.25) is 0 Å². The number of nitrogens with zero attached hydrogens (tertiary/aromatic N) is 4. The normalized spacial score (nSPS) is 12.0. The molecule has 120 valence electrons. The van der Waals surface area contributed by atoms with E-state index < -0.39 is 10.0 Å². The molecule has 0 saturated carbocycles. The van der Waals surface area contributed by atoms with E-state index in [0.717, 1.165) is 23.4 Å². The first-order valence-corrected chi connectivity index (χ1v) is 8.70. The quantitative estimate of drug-likeness (QED) is 0.817. The molecule has 0 bridgehead atoms. The van der Waals surface area contributed by atoms with E-state index in [1.807, 2.05) is 32.9 Å². The summed E-state index contributed by atoms with van der Waals surface area (Å²) in [6, 6.07) is 3.87. The van der Waals surface area contributed by atoms with Crippen molar-refractivity contribution in [1.82, 2.24) is 19.1 Å². The molecule has 0 amide bonds. The second kappa shape index (κ2) is 6.58. The second-order valence-electron chi connectivity index (χ2n) is 5.48. The van der Waals surface area contributed by atoms with E-state index >= 15 is 0 Å². The van der Waals surface area contributed by atoms with Crippen molar-refractivity contribution in [2.24, 2.45) is 0 Å². The van der Waals surface area contributed by atoms with Crippen LogP contribution < -0.4 is 0 Å². The van der Waals surface area contributed by atoms with Gasteiger partial charge in [-0.3, -0.25) is 9.67 Å². The van der Waals surface area contributed by atoms with Gasteiger partial charge in [-0.1, -0.05) is 6.92 Å². The summed E-state index contributed by atoms with van der Waals surface area (Å²) in [4.78, 5) is 4.60. The summed E-state index contributed by atoms with van der Waals surface area (Å²) in [7, 11) is -1.99. The zero-order chi connectivity index (χ0) is 16.3. The van der Waals surface area contributed by atoms with Crippen LogP contribution in [0.3, 0.4) is 0 Å². The molecular formula is C15H22N4O2S. The van der Waals surface area contributed by atoms with Crippen LogP contribution in [0.1, 0.15) is 30.3 Å². The summed E-state index contributed by atoms with van der Waals surface area (Å²) < 4.78 is 28.1.